The summed E-state index contributed by atoms with van der Waals surface area (Å²) in [4.78, 5) is 5.27. The van der Waals surface area contributed by atoms with Crippen molar-refractivity contribution >= 4 is 0 Å². The lowest BCUT2D eigenvalue weighted by Crippen LogP contribution is -2.57. The van der Waals surface area contributed by atoms with Gasteiger partial charge in [-0.05, 0) is 40.2 Å². The average molecular weight is 297 g/mol. The van der Waals surface area contributed by atoms with Gasteiger partial charge in [-0.1, -0.05) is 6.92 Å². The van der Waals surface area contributed by atoms with Crippen molar-refractivity contribution in [2.24, 2.45) is 5.41 Å². The fourth-order valence-corrected chi connectivity index (χ4v) is 3.67. The molecule has 1 atom stereocenters. The summed E-state index contributed by atoms with van der Waals surface area (Å²) in [6.45, 7) is 19.2. The second-order valence-electron chi connectivity index (χ2n) is 7.87. The summed E-state index contributed by atoms with van der Waals surface area (Å²) in [7, 11) is 0. The first-order valence-electron chi connectivity index (χ1n) is 8.71. The Morgan fingerprint density at radius 2 is 1.86 bits per heavy atom. The van der Waals surface area contributed by atoms with Crippen LogP contribution < -0.4 is 5.32 Å². The van der Waals surface area contributed by atoms with Crippen LogP contribution in [0.2, 0.25) is 0 Å². The maximum absolute atomic E-state index is 5.82. The van der Waals surface area contributed by atoms with Crippen LogP contribution in [0.4, 0.5) is 0 Å². The Balaban J connectivity index is 1.87. The van der Waals surface area contributed by atoms with Crippen molar-refractivity contribution in [1.29, 1.82) is 0 Å². The molecule has 0 aromatic carbocycles. The molecule has 1 unspecified atom stereocenters. The maximum Gasteiger partial charge on any atom is 0.0546 e. The van der Waals surface area contributed by atoms with E-state index in [0.717, 1.165) is 26.3 Å². The molecule has 124 valence electrons. The molecule has 0 aromatic rings. The molecule has 0 saturated carbocycles. The molecule has 0 aliphatic carbocycles. The molecule has 2 fully saturated rings. The monoisotopic (exact) mass is 297 g/mol. The first kappa shape index (κ1) is 17.2. The summed E-state index contributed by atoms with van der Waals surface area (Å²) in [5.74, 6) is 0. The third-order valence-corrected chi connectivity index (χ3v) is 5.03. The molecule has 4 heteroatoms. The lowest BCUT2D eigenvalue weighted by molar-refractivity contribution is -0.0376. The second-order valence-corrected chi connectivity index (χ2v) is 7.87. The van der Waals surface area contributed by atoms with Gasteiger partial charge in [-0.15, -0.1) is 0 Å². The molecular weight excluding hydrogens is 262 g/mol. The standard InChI is InChI=1S/C17H35N3O/c1-5-18-13-17(7-6-12-21-15-17)14-19-8-10-20(11-9-19)16(2,3)4/h18H,5-15H2,1-4H3. The number of nitrogens with one attached hydrogen (secondary N) is 1. The van der Waals surface area contributed by atoms with E-state index in [0.29, 0.717) is 11.0 Å². The van der Waals surface area contributed by atoms with Crippen molar-refractivity contribution in [3.63, 3.8) is 0 Å². The number of hydrogen-bond acceptors (Lipinski definition) is 4. The van der Waals surface area contributed by atoms with E-state index < -0.39 is 0 Å². The summed E-state index contributed by atoms with van der Waals surface area (Å²) in [5.41, 5.74) is 0.639. The van der Waals surface area contributed by atoms with E-state index in [4.69, 9.17) is 4.74 Å². The largest absolute Gasteiger partial charge is 0.381 e. The van der Waals surface area contributed by atoms with Crippen LogP contribution in [0.1, 0.15) is 40.5 Å². The van der Waals surface area contributed by atoms with Crippen LogP contribution in [0.25, 0.3) is 0 Å². The van der Waals surface area contributed by atoms with Crippen LogP contribution in [0.3, 0.4) is 0 Å². The Bertz CT molecular complexity index is 300. The fourth-order valence-electron chi connectivity index (χ4n) is 3.67. The van der Waals surface area contributed by atoms with Gasteiger partial charge in [0.25, 0.3) is 0 Å². The van der Waals surface area contributed by atoms with Gasteiger partial charge in [-0.2, -0.15) is 0 Å². The van der Waals surface area contributed by atoms with E-state index in [1.165, 1.54) is 45.6 Å². The van der Waals surface area contributed by atoms with Crippen LogP contribution in [0.5, 0.6) is 0 Å². The third kappa shape index (κ3) is 4.92. The lowest BCUT2D eigenvalue weighted by Gasteiger charge is -2.46. The highest BCUT2D eigenvalue weighted by molar-refractivity contribution is 4.90. The number of ether oxygens (including phenoxy) is 1. The fraction of sp³-hybridized carbons (Fsp3) is 1.00. The molecule has 2 rings (SSSR count). The Hall–Kier alpha value is -0.160. The maximum atomic E-state index is 5.82. The average Bonchev–Trinajstić information content (AvgIpc) is 2.46. The molecule has 0 spiro atoms. The van der Waals surface area contributed by atoms with Crippen LogP contribution in [0, 0.1) is 5.41 Å². The SMILES string of the molecule is CCNCC1(CN2CCN(C(C)(C)C)CC2)CCCOC1. The molecule has 2 saturated heterocycles. The predicted octanol–water partition coefficient (Wildman–Crippen LogP) is 1.81. The zero-order valence-electron chi connectivity index (χ0n) is 14.6. The van der Waals surface area contributed by atoms with Gasteiger partial charge in [0.15, 0.2) is 0 Å². The van der Waals surface area contributed by atoms with Gasteiger partial charge in [0, 0.05) is 56.8 Å². The Morgan fingerprint density at radius 3 is 2.38 bits per heavy atom. The highest BCUT2D eigenvalue weighted by atomic mass is 16.5. The van der Waals surface area contributed by atoms with Crippen molar-refractivity contribution in [3.05, 3.63) is 0 Å². The molecule has 2 aliphatic heterocycles. The van der Waals surface area contributed by atoms with Gasteiger partial charge < -0.3 is 15.0 Å². The molecule has 1 N–H and O–H groups in total. The first-order valence-corrected chi connectivity index (χ1v) is 8.71. The van der Waals surface area contributed by atoms with Crippen molar-refractivity contribution in [2.45, 2.75) is 46.1 Å². The molecule has 4 nitrogen and oxygen atoms in total. The smallest absolute Gasteiger partial charge is 0.0546 e. The number of nitrogens with zero attached hydrogens (tertiary/aromatic N) is 2. The minimum atomic E-state index is 0.307. The third-order valence-electron chi connectivity index (χ3n) is 5.03. The molecule has 21 heavy (non-hydrogen) atoms. The van der Waals surface area contributed by atoms with Crippen LogP contribution in [-0.4, -0.2) is 74.4 Å². The Labute approximate surface area is 131 Å². The van der Waals surface area contributed by atoms with E-state index in [2.05, 4.69) is 42.8 Å². The molecule has 0 radical (unpaired) electrons. The minimum absolute atomic E-state index is 0.307. The van der Waals surface area contributed by atoms with Gasteiger partial charge in [0.05, 0.1) is 6.61 Å². The summed E-state index contributed by atoms with van der Waals surface area (Å²) in [6.07, 6.45) is 2.52. The number of rotatable bonds is 5. The van der Waals surface area contributed by atoms with Gasteiger partial charge in [0.2, 0.25) is 0 Å². The molecule has 0 aromatic heterocycles. The highest BCUT2D eigenvalue weighted by Gasteiger charge is 2.36. The Kier molecular flexibility index (Phi) is 6.06. The van der Waals surface area contributed by atoms with Crippen LogP contribution >= 0.6 is 0 Å². The van der Waals surface area contributed by atoms with Crippen LogP contribution in [0.15, 0.2) is 0 Å². The zero-order chi connectivity index (χ0) is 15.3. The highest BCUT2D eigenvalue weighted by Crippen LogP contribution is 2.30. The summed E-state index contributed by atoms with van der Waals surface area (Å²) < 4.78 is 5.82. The van der Waals surface area contributed by atoms with E-state index >= 15 is 0 Å². The van der Waals surface area contributed by atoms with E-state index in [1.54, 1.807) is 0 Å². The van der Waals surface area contributed by atoms with Crippen molar-refractivity contribution in [2.75, 3.05) is 59.0 Å². The van der Waals surface area contributed by atoms with Crippen molar-refractivity contribution in [1.82, 2.24) is 15.1 Å². The van der Waals surface area contributed by atoms with Crippen LogP contribution in [-0.2, 0) is 4.74 Å². The quantitative estimate of drug-likeness (QED) is 0.837. The molecule has 0 amide bonds. The topological polar surface area (TPSA) is 27.7 Å². The lowest BCUT2D eigenvalue weighted by atomic mass is 9.81. The second kappa shape index (κ2) is 7.40. The minimum Gasteiger partial charge on any atom is -0.381 e. The van der Waals surface area contributed by atoms with Gasteiger partial charge in [-0.3, -0.25) is 4.90 Å². The molecule has 2 heterocycles. The normalized spacial score (nSPS) is 29.7. The van der Waals surface area contributed by atoms with E-state index in [9.17, 15) is 0 Å². The first-order chi connectivity index (χ1) is 9.95. The van der Waals surface area contributed by atoms with Gasteiger partial charge >= 0.3 is 0 Å². The molecule has 2 aliphatic rings. The van der Waals surface area contributed by atoms with Gasteiger partial charge in [-0.25, -0.2) is 0 Å². The number of hydrogen-bond donors (Lipinski definition) is 1. The van der Waals surface area contributed by atoms with E-state index in [1.807, 2.05) is 0 Å². The molecular formula is C17H35N3O. The summed E-state index contributed by atoms with van der Waals surface area (Å²) in [6, 6.07) is 0. The van der Waals surface area contributed by atoms with E-state index in [-0.39, 0.29) is 0 Å². The van der Waals surface area contributed by atoms with Gasteiger partial charge in [0.1, 0.15) is 0 Å². The summed E-state index contributed by atoms with van der Waals surface area (Å²) >= 11 is 0. The predicted molar refractivity (Wildman–Crippen MR) is 88.8 cm³/mol. The molecule has 0 bridgehead atoms. The van der Waals surface area contributed by atoms with Crippen molar-refractivity contribution < 1.29 is 4.74 Å². The number of piperazine rings is 1. The van der Waals surface area contributed by atoms with Crippen molar-refractivity contribution in [3.8, 4) is 0 Å². The Morgan fingerprint density at radius 1 is 1.14 bits per heavy atom. The zero-order valence-corrected chi connectivity index (χ0v) is 14.6. The summed E-state index contributed by atoms with van der Waals surface area (Å²) in [5, 5.41) is 3.56.